The summed E-state index contributed by atoms with van der Waals surface area (Å²) in [6.07, 6.45) is 4.11. The van der Waals surface area contributed by atoms with Crippen molar-refractivity contribution in [1.29, 1.82) is 0 Å². The number of hydrogen-bond acceptors (Lipinski definition) is 6. The highest BCUT2D eigenvalue weighted by Crippen LogP contribution is 1.82. The summed E-state index contributed by atoms with van der Waals surface area (Å²) in [5.74, 6) is -2.17. The molecule has 2 N–H and O–H groups in total. The molecule has 0 aromatic heterocycles. The molecule has 0 saturated heterocycles. The Hall–Kier alpha value is -2.64. The molecule has 0 aliphatic heterocycles. The van der Waals surface area contributed by atoms with E-state index in [1.807, 2.05) is 0 Å². The van der Waals surface area contributed by atoms with Gasteiger partial charge in [0.05, 0.1) is 13.2 Å². The first-order valence-corrected chi connectivity index (χ1v) is 6.74. The minimum absolute atomic E-state index is 0.172. The molecule has 8 heteroatoms. The number of carbonyl (C=O) groups is 4. The van der Waals surface area contributed by atoms with Crippen molar-refractivity contribution in [3.8, 4) is 0 Å². The average molecular weight is 312 g/mol. The summed E-state index contributed by atoms with van der Waals surface area (Å²) >= 11 is 0. The molecule has 0 aromatic carbocycles. The van der Waals surface area contributed by atoms with Gasteiger partial charge in [0, 0.05) is 37.4 Å². The first-order chi connectivity index (χ1) is 10.5. The minimum atomic E-state index is -0.602. The summed E-state index contributed by atoms with van der Waals surface area (Å²) in [7, 11) is 0. The number of ether oxygens (including phenoxy) is 2. The van der Waals surface area contributed by atoms with Crippen LogP contribution >= 0.6 is 0 Å². The van der Waals surface area contributed by atoms with E-state index in [2.05, 4.69) is 20.1 Å². The Morgan fingerprint density at radius 1 is 0.727 bits per heavy atom. The second kappa shape index (κ2) is 12.1. The molecule has 0 aliphatic rings. The van der Waals surface area contributed by atoms with Gasteiger partial charge in [-0.1, -0.05) is 0 Å². The predicted molar refractivity (Wildman–Crippen MR) is 77.6 cm³/mol. The fraction of sp³-hybridized carbons (Fsp3) is 0.429. The summed E-state index contributed by atoms with van der Waals surface area (Å²) in [5, 5.41) is 4.91. The summed E-state index contributed by atoms with van der Waals surface area (Å²) in [6.45, 7) is 4.12. The highest BCUT2D eigenvalue weighted by molar-refractivity contribution is 5.95. The molecular formula is C14H20N2O6. The molecule has 0 spiro atoms. The van der Waals surface area contributed by atoms with Crippen molar-refractivity contribution >= 4 is 23.8 Å². The zero-order valence-corrected chi connectivity index (χ0v) is 12.6. The van der Waals surface area contributed by atoms with Crippen LogP contribution in [0.4, 0.5) is 0 Å². The highest BCUT2D eigenvalue weighted by Gasteiger charge is 2.00. The molecule has 0 bridgehead atoms. The van der Waals surface area contributed by atoms with E-state index in [9.17, 15) is 19.2 Å². The van der Waals surface area contributed by atoms with E-state index < -0.39 is 23.8 Å². The third-order valence-corrected chi connectivity index (χ3v) is 2.04. The molecule has 0 aromatic rings. The minimum Gasteiger partial charge on any atom is -0.463 e. The standard InChI is InChI=1S/C14H20N2O6/c1-3-21-13(19)7-5-11(17)15-9-10-16-12(18)6-8-14(20)22-4-2/h5-8H,3-4,9-10H2,1-2H3,(H,15,17)(H,16,18)/b7-5+,8-6+. The lowest BCUT2D eigenvalue weighted by Gasteiger charge is -2.03. The van der Waals surface area contributed by atoms with Crippen LogP contribution in [0.15, 0.2) is 24.3 Å². The van der Waals surface area contributed by atoms with Crippen LogP contribution in [0.25, 0.3) is 0 Å². The Bertz CT molecular complexity index is 414. The number of hydrogen-bond donors (Lipinski definition) is 2. The zero-order valence-electron chi connectivity index (χ0n) is 12.6. The van der Waals surface area contributed by atoms with Crippen LogP contribution in [-0.4, -0.2) is 50.1 Å². The molecule has 0 atom stereocenters. The highest BCUT2D eigenvalue weighted by atomic mass is 16.5. The van der Waals surface area contributed by atoms with Gasteiger partial charge in [0.2, 0.25) is 11.8 Å². The van der Waals surface area contributed by atoms with E-state index in [1.165, 1.54) is 0 Å². The van der Waals surface area contributed by atoms with Crippen LogP contribution in [0.3, 0.4) is 0 Å². The second-order valence-electron chi connectivity index (χ2n) is 3.75. The lowest BCUT2D eigenvalue weighted by atomic mass is 10.4. The number of esters is 2. The number of nitrogens with one attached hydrogen (secondary N) is 2. The lowest BCUT2D eigenvalue weighted by Crippen LogP contribution is -2.33. The smallest absolute Gasteiger partial charge is 0.330 e. The molecule has 0 unspecified atom stereocenters. The lowest BCUT2D eigenvalue weighted by molar-refractivity contribution is -0.138. The Morgan fingerprint density at radius 3 is 1.41 bits per heavy atom. The summed E-state index contributed by atoms with van der Waals surface area (Å²) in [5.41, 5.74) is 0. The fourth-order valence-corrected chi connectivity index (χ4v) is 1.16. The largest absolute Gasteiger partial charge is 0.463 e. The van der Waals surface area contributed by atoms with Crippen molar-refractivity contribution in [3.63, 3.8) is 0 Å². The molecule has 0 heterocycles. The van der Waals surface area contributed by atoms with Crippen LogP contribution < -0.4 is 10.6 Å². The van der Waals surface area contributed by atoms with E-state index in [4.69, 9.17) is 0 Å². The molecular weight excluding hydrogens is 292 g/mol. The normalized spacial score (nSPS) is 10.5. The van der Waals surface area contributed by atoms with Crippen LogP contribution in [0.2, 0.25) is 0 Å². The van der Waals surface area contributed by atoms with Gasteiger partial charge in [-0.25, -0.2) is 9.59 Å². The molecule has 8 nitrogen and oxygen atoms in total. The molecule has 22 heavy (non-hydrogen) atoms. The second-order valence-corrected chi connectivity index (χ2v) is 3.75. The van der Waals surface area contributed by atoms with Gasteiger partial charge in [0.1, 0.15) is 0 Å². The Kier molecular flexibility index (Phi) is 10.7. The van der Waals surface area contributed by atoms with Crippen molar-refractivity contribution in [2.45, 2.75) is 13.8 Å². The van der Waals surface area contributed by atoms with Gasteiger partial charge >= 0.3 is 11.9 Å². The van der Waals surface area contributed by atoms with Gasteiger partial charge in [0.15, 0.2) is 0 Å². The molecule has 122 valence electrons. The number of amides is 2. The first-order valence-electron chi connectivity index (χ1n) is 6.74. The van der Waals surface area contributed by atoms with E-state index >= 15 is 0 Å². The van der Waals surface area contributed by atoms with Gasteiger partial charge in [-0.3, -0.25) is 9.59 Å². The quantitative estimate of drug-likeness (QED) is 0.336. The van der Waals surface area contributed by atoms with E-state index in [0.717, 1.165) is 24.3 Å². The van der Waals surface area contributed by atoms with Gasteiger partial charge < -0.3 is 20.1 Å². The SMILES string of the molecule is CCOC(=O)/C=C/C(=O)NCCNC(=O)/C=C/C(=O)OCC. The van der Waals surface area contributed by atoms with Crippen molar-refractivity contribution < 1.29 is 28.7 Å². The summed E-state index contributed by atoms with van der Waals surface area (Å²) in [4.78, 5) is 44.5. The van der Waals surface area contributed by atoms with Crippen molar-refractivity contribution in [1.82, 2.24) is 10.6 Å². The summed E-state index contributed by atoms with van der Waals surface area (Å²) < 4.78 is 9.21. The molecule has 0 rings (SSSR count). The van der Waals surface area contributed by atoms with E-state index in [1.54, 1.807) is 13.8 Å². The monoisotopic (exact) mass is 312 g/mol. The summed E-state index contributed by atoms with van der Waals surface area (Å²) in [6, 6.07) is 0. The zero-order chi connectivity index (χ0) is 16.8. The molecule has 0 radical (unpaired) electrons. The van der Waals surface area contributed by atoms with Gasteiger partial charge in [0.25, 0.3) is 0 Å². The predicted octanol–water partition coefficient (Wildman–Crippen LogP) is -0.543. The maximum Gasteiger partial charge on any atom is 0.330 e. The number of rotatable bonds is 9. The van der Waals surface area contributed by atoms with E-state index in [0.29, 0.717) is 0 Å². The van der Waals surface area contributed by atoms with Crippen LogP contribution in [0.1, 0.15) is 13.8 Å². The average Bonchev–Trinajstić information content (AvgIpc) is 2.48. The third-order valence-electron chi connectivity index (χ3n) is 2.04. The molecule has 0 aliphatic carbocycles. The fourth-order valence-electron chi connectivity index (χ4n) is 1.16. The maximum absolute atomic E-state index is 11.3. The Balaban J connectivity index is 3.84. The van der Waals surface area contributed by atoms with Crippen molar-refractivity contribution in [2.24, 2.45) is 0 Å². The first kappa shape index (κ1) is 19.4. The van der Waals surface area contributed by atoms with Crippen molar-refractivity contribution in [2.75, 3.05) is 26.3 Å². The Morgan fingerprint density at radius 2 is 1.09 bits per heavy atom. The third kappa shape index (κ3) is 11.2. The number of carbonyl (C=O) groups excluding carboxylic acids is 4. The van der Waals surface area contributed by atoms with Gasteiger partial charge in [-0.2, -0.15) is 0 Å². The van der Waals surface area contributed by atoms with Crippen LogP contribution in [0, 0.1) is 0 Å². The topological polar surface area (TPSA) is 111 Å². The maximum atomic E-state index is 11.3. The molecule has 2 amide bonds. The van der Waals surface area contributed by atoms with Crippen LogP contribution in [0.5, 0.6) is 0 Å². The molecule has 0 saturated carbocycles. The van der Waals surface area contributed by atoms with Crippen LogP contribution in [-0.2, 0) is 28.7 Å². The van der Waals surface area contributed by atoms with Gasteiger partial charge in [-0.15, -0.1) is 0 Å². The van der Waals surface area contributed by atoms with E-state index in [-0.39, 0.29) is 26.3 Å². The molecule has 0 fully saturated rings. The van der Waals surface area contributed by atoms with Crippen molar-refractivity contribution in [3.05, 3.63) is 24.3 Å². The van der Waals surface area contributed by atoms with Gasteiger partial charge in [-0.05, 0) is 13.8 Å². The Labute approximate surface area is 128 Å².